The van der Waals surface area contributed by atoms with Gasteiger partial charge in [0, 0.05) is 10.8 Å². The maximum Gasteiger partial charge on any atom is 0.186 e. The van der Waals surface area contributed by atoms with Crippen molar-refractivity contribution >= 4 is 0 Å². The van der Waals surface area contributed by atoms with Crippen molar-refractivity contribution < 1.29 is 75.1 Å². The van der Waals surface area contributed by atoms with E-state index in [2.05, 4.69) is 20.8 Å². The zero-order valence-corrected chi connectivity index (χ0v) is 34.4. The van der Waals surface area contributed by atoms with Crippen molar-refractivity contribution in [3.8, 4) is 0 Å². The lowest BCUT2D eigenvalue weighted by Gasteiger charge is -2.72. The van der Waals surface area contributed by atoms with Gasteiger partial charge >= 0.3 is 0 Å². The summed E-state index contributed by atoms with van der Waals surface area (Å²) in [6, 6.07) is 0. The van der Waals surface area contributed by atoms with Gasteiger partial charge in [-0.3, -0.25) is 0 Å². The Balaban J connectivity index is 1.30. The number of rotatable bonds is 12. The van der Waals surface area contributed by atoms with Gasteiger partial charge < -0.3 is 75.1 Å². The first-order valence-electron chi connectivity index (χ1n) is 21.3. The Hall–Kier alpha value is -0.860. The molecule has 15 heteroatoms. The molecule has 57 heavy (non-hydrogen) atoms. The quantitative estimate of drug-likeness (QED) is 0.0922. The topological polar surface area (TPSA) is 259 Å². The molecule has 2 heterocycles. The Kier molecular flexibility index (Phi) is 13.7. The molecule has 330 valence electrons. The lowest BCUT2D eigenvalue weighted by Crippen LogP contribution is -2.69. The summed E-state index contributed by atoms with van der Waals surface area (Å²) in [7, 11) is 0. The Morgan fingerprint density at radius 1 is 0.667 bits per heavy atom. The van der Waals surface area contributed by atoms with Crippen molar-refractivity contribution in [3.05, 3.63) is 11.6 Å². The number of ether oxygens (including phenoxy) is 4. The summed E-state index contributed by atoms with van der Waals surface area (Å²) in [4.78, 5) is 0. The summed E-state index contributed by atoms with van der Waals surface area (Å²) in [5.74, 6) is 0.131. The smallest absolute Gasteiger partial charge is 0.186 e. The van der Waals surface area contributed by atoms with Gasteiger partial charge in [-0.05, 0) is 105 Å². The van der Waals surface area contributed by atoms with Crippen molar-refractivity contribution in [1.29, 1.82) is 0 Å². The fraction of sp³-hybridized carbons (Fsp3) is 0.952. The molecule has 0 amide bonds. The van der Waals surface area contributed by atoms with Gasteiger partial charge in [0.05, 0.1) is 45.2 Å². The largest absolute Gasteiger partial charge is 0.396 e. The standard InChI is InChI=1S/C42H72O15/c1-22(17-43)7-6-12-42(20-46)16-15-40(4)23(35(42)53)8-9-27-38(2)13-11-28(57-37-34(52)32(50)30(48)25(19-45)56-37)39(3,26(38)10-14-41(27,40)5)21-54-36-33(51)31(49)29(47)24(18-44)55-36/h7,23-37,43-53H,6,8-21H2,1-5H3/b22-7-/t23-,24-,25-,26-,27-,28+,29-,30-,31+,32+,33-,34-,35-,36-,37+,38+,39+,40-,41-,42-/m1/s1. The van der Waals surface area contributed by atoms with Crippen molar-refractivity contribution in [2.24, 2.45) is 44.8 Å². The molecule has 4 aliphatic carbocycles. The SMILES string of the molecule is C/C(=C/CC[C@]1(CO)CC[C@]2(C)[C@H](CC[C@@H]3[C@@]4(C)CC[C@H](O[C@@H]5O[C@H](CO)[C@@H](O)[C@H](O)[C@H]5O)[C@@](C)(CO[C@@H]5O[C@H](CO)[C@@H](O)[C@H](O)[C@H]5O)[C@@H]4CC[C@]32C)[C@H]1O)CO. The number of hydrogen-bond donors (Lipinski definition) is 11. The van der Waals surface area contributed by atoms with Crippen LogP contribution in [0.3, 0.4) is 0 Å². The second kappa shape index (κ2) is 17.1. The van der Waals surface area contributed by atoms with Gasteiger partial charge in [0.2, 0.25) is 0 Å². The van der Waals surface area contributed by atoms with Crippen LogP contribution in [0.2, 0.25) is 0 Å². The summed E-state index contributed by atoms with van der Waals surface area (Å²) in [5, 5.41) is 116. The summed E-state index contributed by atoms with van der Waals surface area (Å²) in [5.41, 5.74) is -1.31. The summed E-state index contributed by atoms with van der Waals surface area (Å²) < 4.78 is 24.5. The van der Waals surface area contributed by atoms with Crippen molar-refractivity contribution in [2.75, 3.05) is 33.0 Å². The first-order chi connectivity index (χ1) is 26.8. The molecule has 0 unspecified atom stereocenters. The van der Waals surface area contributed by atoms with Gasteiger partial charge in [0.1, 0.15) is 48.8 Å². The van der Waals surface area contributed by atoms with Gasteiger partial charge in [0.25, 0.3) is 0 Å². The minimum Gasteiger partial charge on any atom is -0.396 e. The summed E-state index contributed by atoms with van der Waals surface area (Å²) >= 11 is 0. The highest BCUT2D eigenvalue weighted by Gasteiger charge is 2.70. The van der Waals surface area contributed by atoms with E-state index in [-0.39, 0.29) is 53.8 Å². The summed E-state index contributed by atoms with van der Waals surface area (Å²) in [6.45, 7) is 9.55. The Bertz CT molecular complexity index is 1400. The van der Waals surface area contributed by atoms with Crippen LogP contribution in [0, 0.1) is 44.8 Å². The minimum atomic E-state index is -1.63. The Labute approximate surface area is 336 Å². The molecule has 2 aliphatic heterocycles. The zero-order valence-electron chi connectivity index (χ0n) is 34.4. The highest BCUT2D eigenvalue weighted by molar-refractivity contribution is 5.19. The predicted molar refractivity (Wildman–Crippen MR) is 204 cm³/mol. The highest BCUT2D eigenvalue weighted by atomic mass is 16.7. The molecule has 0 aromatic carbocycles. The fourth-order valence-electron chi connectivity index (χ4n) is 13.2. The number of aliphatic hydroxyl groups excluding tert-OH is 11. The number of hydrogen-bond acceptors (Lipinski definition) is 15. The lowest BCUT2D eigenvalue weighted by atomic mass is 9.33. The van der Waals surface area contributed by atoms with Crippen LogP contribution in [0.25, 0.3) is 0 Å². The van der Waals surface area contributed by atoms with Gasteiger partial charge in [-0.1, -0.05) is 39.3 Å². The maximum absolute atomic E-state index is 12.2. The van der Waals surface area contributed by atoms with E-state index in [4.69, 9.17) is 18.9 Å². The number of aliphatic hydroxyl groups is 11. The predicted octanol–water partition coefficient (Wildman–Crippen LogP) is 0.0954. The van der Waals surface area contributed by atoms with Crippen LogP contribution in [0.4, 0.5) is 0 Å². The molecule has 0 radical (unpaired) electrons. The summed E-state index contributed by atoms with van der Waals surface area (Å²) in [6.07, 6.45) is -6.78. The molecule has 11 N–H and O–H groups in total. The Morgan fingerprint density at radius 2 is 1.28 bits per heavy atom. The molecule has 0 bridgehead atoms. The van der Waals surface area contributed by atoms with Crippen LogP contribution < -0.4 is 0 Å². The molecule has 4 saturated carbocycles. The lowest BCUT2D eigenvalue weighted by molar-refractivity contribution is -0.346. The van der Waals surface area contributed by atoms with E-state index in [1.807, 2.05) is 19.9 Å². The average Bonchev–Trinajstić information content (AvgIpc) is 3.19. The second-order valence-corrected chi connectivity index (χ2v) is 19.8. The van der Waals surface area contributed by atoms with Crippen LogP contribution in [-0.4, -0.2) is 163 Å². The molecule has 2 saturated heterocycles. The molecule has 0 aromatic heterocycles. The normalized spacial score (nSPS) is 53.1. The average molecular weight is 817 g/mol. The van der Waals surface area contributed by atoms with E-state index in [0.29, 0.717) is 25.7 Å². The monoisotopic (exact) mass is 816 g/mol. The third-order valence-electron chi connectivity index (χ3n) is 17.1. The second-order valence-electron chi connectivity index (χ2n) is 19.8. The van der Waals surface area contributed by atoms with E-state index >= 15 is 0 Å². The third-order valence-corrected chi connectivity index (χ3v) is 17.1. The maximum atomic E-state index is 12.2. The zero-order chi connectivity index (χ0) is 41.9. The molecular weight excluding hydrogens is 744 g/mol. The molecule has 0 aromatic rings. The van der Waals surface area contributed by atoms with Crippen LogP contribution in [-0.2, 0) is 18.9 Å². The van der Waals surface area contributed by atoms with Gasteiger partial charge in [-0.2, -0.15) is 0 Å². The van der Waals surface area contributed by atoms with Gasteiger partial charge in [-0.25, -0.2) is 0 Å². The Morgan fingerprint density at radius 3 is 1.88 bits per heavy atom. The molecule has 20 atom stereocenters. The number of allylic oxidation sites excluding steroid dienone is 1. The highest BCUT2D eigenvalue weighted by Crippen LogP contribution is 2.75. The van der Waals surface area contributed by atoms with Gasteiger partial charge in [-0.15, -0.1) is 0 Å². The van der Waals surface area contributed by atoms with E-state index in [0.717, 1.165) is 44.1 Å². The van der Waals surface area contributed by atoms with Gasteiger partial charge in [0.15, 0.2) is 12.6 Å². The van der Waals surface area contributed by atoms with E-state index in [9.17, 15) is 56.2 Å². The molecule has 6 fully saturated rings. The molecule has 15 nitrogen and oxygen atoms in total. The molecular formula is C42H72O15. The fourth-order valence-corrected chi connectivity index (χ4v) is 13.2. The third kappa shape index (κ3) is 7.49. The molecule has 6 rings (SSSR count). The minimum absolute atomic E-state index is 0.0190. The molecule has 0 spiro atoms. The molecule has 6 aliphatic rings. The van der Waals surface area contributed by atoms with Crippen LogP contribution >= 0.6 is 0 Å². The van der Waals surface area contributed by atoms with Crippen LogP contribution in [0.1, 0.15) is 98.8 Å². The van der Waals surface area contributed by atoms with E-state index in [1.165, 1.54) is 0 Å². The van der Waals surface area contributed by atoms with Crippen molar-refractivity contribution in [1.82, 2.24) is 0 Å². The van der Waals surface area contributed by atoms with Crippen molar-refractivity contribution in [3.63, 3.8) is 0 Å². The van der Waals surface area contributed by atoms with E-state index in [1.54, 1.807) is 0 Å². The first kappa shape index (κ1) is 45.7. The van der Waals surface area contributed by atoms with Crippen LogP contribution in [0.15, 0.2) is 11.6 Å². The van der Waals surface area contributed by atoms with Crippen LogP contribution in [0.5, 0.6) is 0 Å². The van der Waals surface area contributed by atoms with Crippen molar-refractivity contribution in [2.45, 2.75) is 172 Å². The number of fused-ring (bicyclic) bond motifs is 5. The first-order valence-corrected chi connectivity index (χ1v) is 21.3. The van der Waals surface area contributed by atoms with E-state index < -0.39 is 97.7 Å².